The normalized spacial score (nSPS) is 15.3. The Hall–Kier alpha value is -2.75. The molecule has 1 atom stereocenters. The number of anilines is 1. The van der Waals surface area contributed by atoms with Crippen molar-refractivity contribution in [3.8, 4) is 11.3 Å². The molecule has 1 fully saturated rings. The molecule has 1 amide bonds. The molecular formula is C24H26N4O3S2. The fraction of sp³-hybridized carbons (Fsp3) is 0.292. The summed E-state index contributed by atoms with van der Waals surface area (Å²) < 4.78 is 26.9. The third-order valence-electron chi connectivity index (χ3n) is 5.46. The first-order chi connectivity index (χ1) is 16.0. The molecule has 1 unspecified atom stereocenters. The summed E-state index contributed by atoms with van der Waals surface area (Å²) in [5, 5.41) is 3.27. The summed E-state index contributed by atoms with van der Waals surface area (Å²) >= 11 is 1.38. The van der Waals surface area contributed by atoms with Gasteiger partial charge in [0.05, 0.1) is 15.8 Å². The Morgan fingerprint density at radius 2 is 1.76 bits per heavy atom. The number of thioether (sulfide) groups is 1. The summed E-state index contributed by atoms with van der Waals surface area (Å²) in [5.74, 6) is -0.155. The van der Waals surface area contributed by atoms with Crippen LogP contribution < -0.4 is 5.32 Å². The van der Waals surface area contributed by atoms with Gasteiger partial charge in [-0.15, -0.1) is 0 Å². The topological polar surface area (TPSA) is 92.3 Å². The summed E-state index contributed by atoms with van der Waals surface area (Å²) in [4.78, 5) is 21.8. The number of carbonyl (C=O) groups excluding carboxylic acids is 1. The van der Waals surface area contributed by atoms with Gasteiger partial charge in [0.15, 0.2) is 0 Å². The fourth-order valence-corrected chi connectivity index (χ4v) is 6.08. The molecule has 172 valence electrons. The molecule has 1 aromatic heterocycles. The summed E-state index contributed by atoms with van der Waals surface area (Å²) in [7, 11) is -3.47. The average Bonchev–Trinajstić information content (AvgIpc) is 3.40. The van der Waals surface area contributed by atoms with Crippen molar-refractivity contribution in [1.29, 1.82) is 0 Å². The highest BCUT2D eigenvalue weighted by molar-refractivity contribution is 8.00. The monoisotopic (exact) mass is 482 g/mol. The first-order valence-corrected chi connectivity index (χ1v) is 13.2. The van der Waals surface area contributed by atoms with Crippen molar-refractivity contribution in [3.05, 3.63) is 67.0 Å². The highest BCUT2D eigenvalue weighted by Crippen LogP contribution is 2.28. The van der Waals surface area contributed by atoms with Crippen LogP contribution in [-0.2, 0) is 14.8 Å². The standard InChI is InChI=1S/C24H26N4O3S2/c1-2-22(32-23-16-21(25-17-26-23)18-8-4-3-5-9-18)24(29)27-19-10-12-20(13-11-19)33(30,31)28-14-6-7-15-28/h3-5,8-13,16-17,22H,2,6-7,14-15H2,1H3,(H,27,29). The number of carbonyl (C=O) groups is 1. The van der Waals surface area contributed by atoms with E-state index in [9.17, 15) is 13.2 Å². The maximum Gasteiger partial charge on any atom is 0.243 e. The third kappa shape index (κ3) is 5.61. The first kappa shape index (κ1) is 23.4. The van der Waals surface area contributed by atoms with Crippen molar-refractivity contribution in [3.63, 3.8) is 0 Å². The van der Waals surface area contributed by atoms with Gasteiger partial charge in [-0.05, 0) is 49.6 Å². The summed E-state index contributed by atoms with van der Waals surface area (Å²) in [6.45, 7) is 3.07. The molecular weight excluding hydrogens is 456 g/mol. The minimum atomic E-state index is -3.47. The lowest BCUT2D eigenvalue weighted by Gasteiger charge is -2.17. The Balaban J connectivity index is 1.42. The van der Waals surface area contributed by atoms with Crippen molar-refractivity contribution in [1.82, 2.24) is 14.3 Å². The van der Waals surface area contributed by atoms with Crippen molar-refractivity contribution in [2.75, 3.05) is 18.4 Å². The van der Waals surface area contributed by atoms with Crippen molar-refractivity contribution in [2.45, 2.75) is 41.4 Å². The van der Waals surface area contributed by atoms with Gasteiger partial charge in [0.25, 0.3) is 0 Å². The van der Waals surface area contributed by atoms with Crippen LogP contribution in [0.15, 0.2) is 76.9 Å². The van der Waals surface area contributed by atoms with Gasteiger partial charge in [0.2, 0.25) is 15.9 Å². The predicted octanol–water partition coefficient (Wildman–Crippen LogP) is 4.44. The summed E-state index contributed by atoms with van der Waals surface area (Å²) in [6, 6.07) is 18.1. The Morgan fingerprint density at radius 3 is 2.42 bits per heavy atom. The lowest BCUT2D eigenvalue weighted by Crippen LogP contribution is -2.28. The van der Waals surface area contributed by atoms with Crippen molar-refractivity contribution in [2.24, 2.45) is 0 Å². The van der Waals surface area contributed by atoms with Crippen LogP contribution in [0.5, 0.6) is 0 Å². The Labute approximate surface area is 198 Å². The van der Waals surface area contributed by atoms with Gasteiger partial charge in [-0.2, -0.15) is 4.31 Å². The first-order valence-electron chi connectivity index (χ1n) is 10.9. The molecule has 1 aliphatic rings. The van der Waals surface area contributed by atoms with Crippen molar-refractivity contribution < 1.29 is 13.2 Å². The zero-order valence-electron chi connectivity index (χ0n) is 18.3. The molecule has 2 aromatic carbocycles. The van der Waals surface area contributed by atoms with Crippen LogP contribution in [0.25, 0.3) is 11.3 Å². The number of hydrogen-bond donors (Lipinski definition) is 1. The third-order valence-corrected chi connectivity index (χ3v) is 8.67. The molecule has 9 heteroatoms. The lowest BCUT2D eigenvalue weighted by atomic mass is 10.1. The van der Waals surface area contributed by atoms with E-state index in [0.29, 0.717) is 25.2 Å². The molecule has 1 saturated heterocycles. The van der Waals surface area contributed by atoms with Gasteiger partial charge in [0, 0.05) is 24.3 Å². The molecule has 7 nitrogen and oxygen atoms in total. The van der Waals surface area contributed by atoms with Crippen LogP contribution in [0.3, 0.4) is 0 Å². The number of benzene rings is 2. The number of nitrogens with zero attached hydrogens (tertiary/aromatic N) is 3. The smallest absolute Gasteiger partial charge is 0.243 e. The zero-order chi connectivity index (χ0) is 23.3. The lowest BCUT2D eigenvalue weighted by molar-refractivity contribution is -0.115. The number of amides is 1. The largest absolute Gasteiger partial charge is 0.325 e. The molecule has 3 aromatic rings. The molecule has 0 aliphatic carbocycles. The van der Waals surface area contributed by atoms with E-state index in [-0.39, 0.29) is 16.1 Å². The van der Waals surface area contributed by atoms with Gasteiger partial charge in [-0.25, -0.2) is 18.4 Å². The maximum absolute atomic E-state index is 12.9. The van der Waals surface area contributed by atoms with E-state index < -0.39 is 10.0 Å². The van der Waals surface area contributed by atoms with E-state index in [0.717, 1.165) is 29.1 Å². The van der Waals surface area contributed by atoms with Crippen LogP contribution in [0.2, 0.25) is 0 Å². The number of rotatable bonds is 8. The molecule has 1 aliphatic heterocycles. The SMILES string of the molecule is CCC(Sc1cc(-c2ccccc2)ncn1)C(=O)Nc1ccc(S(=O)(=O)N2CCCC2)cc1. The van der Waals surface area contributed by atoms with E-state index in [1.54, 1.807) is 24.3 Å². The van der Waals surface area contributed by atoms with E-state index in [2.05, 4.69) is 15.3 Å². The van der Waals surface area contributed by atoms with Crippen LogP contribution >= 0.6 is 11.8 Å². The minimum absolute atomic E-state index is 0.155. The van der Waals surface area contributed by atoms with E-state index in [1.165, 1.54) is 22.4 Å². The second-order valence-corrected chi connectivity index (χ2v) is 10.9. The van der Waals surface area contributed by atoms with E-state index >= 15 is 0 Å². The Morgan fingerprint density at radius 1 is 1.06 bits per heavy atom. The molecule has 4 rings (SSSR count). The fourth-order valence-electron chi connectivity index (χ4n) is 3.65. The minimum Gasteiger partial charge on any atom is -0.325 e. The number of aromatic nitrogens is 2. The molecule has 0 bridgehead atoms. The van der Waals surface area contributed by atoms with Gasteiger partial charge >= 0.3 is 0 Å². The predicted molar refractivity (Wildman–Crippen MR) is 130 cm³/mol. The van der Waals surface area contributed by atoms with E-state index in [1.807, 2.05) is 43.3 Å². The molecule has 0 spiro atoms. The Kier molecular flexibility index (Phi) is 7.42. The second-order valence-electron chi connectivity index (χ2n) is 7.75. The highest BCUT2D eigenvalue weighted by atomic mass is 32.2. The quantitative estimate of drug-likeness (QED) is 0.377. The molecule has 2 heterocycles. The number of sulfonamides is 1. The Bertz CT molecular complexity index is 1200. The van der Waals surface area contributed by atoms with Gasteiger partial charge < -0.3 is 5.32 Å². The highest BCUT2D eigenvalue weighted by Gasteiger charge is 2.27. The van der Waals surface area contributed by atoms with Gasteiger partial charge in [0.1, 0.15) is 11.4 Å². The molecule has 0 radical (unpaired) electrons. The molecule has 0 saturated carbocycles. The molecule has 33 heavy (non-hydrogen) atoms. The van der Waals surface area contributed by atoms with Crippen LogP contribution in [-0.4, -0.2) is 46.9 Å². The van der Waals surface area contributed by atoms with Crippen LogP contribution in [0.1, 0.15) is 26.2 Å². The van der Waals surface area contributed by atoms with Crippen LogP contribution in [0, 0.1) is 0 Å². The van der Waals surface area contributed by atoms with Gasteiger partial charge in [-0.3, -0.25) is 4.79 Å². The number of hydrogen-bond acceptors (Lipinski definition) is 6. The van der Waals surface area contributed by atoms with Crippen molar-refractivity contribution >= 4 is 33.4 Å². The maximum atomic E-state index is 12.9. The van der Waals surface area contributed by atoms with E-state index in [4.69, 9.17) is 0 Å². The molecule has 1 N–H and O–H groups in total. The number of nitrogens with one attached hydrogen (secondary N) is 1. The summed E-state index contributed by atoms with van der Waals surface area (Å²) in [5.41, 5.74) is 2.36. The van der Waals surface area contributed by atoms with Gasteiger partial charge in [-0.1, -0.05) is 49.0 Å². The van der Waals surface area contributed by atoms with Crippen LogP contribution in [0.4, 0.5) is 5.69 Å². The summed E-state index contributed by atoms with van der Waals surface area (Å²) in [6.07, 6.45) is 3.91. The average molecular weight is 483 g/mol. The second kappa shape index (κ2) is 10.5. The zero-order valence-corrected chi connectivity index (χ0v) is 20.0.